The lowest BCUT2D eigenvalue weighted by molar-refractivity contribution is 0.102. The van der Waals surface area contributed by atoms with E-state index in [2.05, 4.69) is 16.5 Å². The van der Waals surface area contributed by atoms with Crippen molar-refractivity contribution in [1.82, 2.24) is 9.78 Å². The number of nitrogens with one attached hydrogen (secondary N) is 1. The fourth-order valence-corrected chi connectivity index (χ4v) is 2.86. The molecule has 0 aliphatic heterocycles. The van der Waals surface area contributed by atoms with E-state index in [0.29, 0.717) is 12.1 Å². The Kier molecular flexibility index (Phi) is 5.60. The minimum Gasteiger partial charge on any atom is -0.491 e. The first kappa shape index (κ1) is 18.7. The summed E-state index contributed by atoms with van der Waals surface area (Å²) in [6.07, 6.45) is 0.124. The zero-order valence-electron chi connectivity index (χ0n) is 16.2. The van der Waals surface area contributed by atoms with Crippen LogP contribution in [0.3, 0.4) is 0 Å². The van der Waals surface area contributed by atoms with E-state index in [0.717, 1.165) is 28.4 Å². The van der Waals surface area contributed by atoms with Gasteiger partial charge in [0, 0.05) is 16.9 Å². The maximum atomic E-state index is 12.4. The molecule has 2 aromatic carbocycles. The predicted octanol–water partition coefficient (Wildman–Crippen LogP) is 4.59. The van der Waals surface area contributed by atoms with E-state index in [-0.39, 0.29) is 12.0 Å². The first-order valence-electron chi connectivity index (χ1n) is 9.09. The average Bonchev–Trinajstić information content (AvgIpc) is 2.94. The van der Waals surface area contributed by atoms with Crippen LogP contribution in [-0.2, 0) is 6.54 Å². The van der Waals surface area contributed by atoms with Gasteiger partial charge in [0.2, 0.25) is 0 Å². The van der Waals surface area contributed by atoms with Gasteiger partial charge in [-0.05, 0) is 75.7 Å². The van der Waals surface area contributed by atoms with Crippen LogP contribution >= 0.6 is 0 Å². The molecular formula is C22H25N3O2. The Balaban J connectivity index is 1.62. The lowest BCUT2D eigenvalue weighted by Gasteiger charge is -2.11. The number of rotatable bonds is 6. The van der Waals surface area contributed by atoms with Crippen molar-refractivity contribution in [2.24, 2.45) is 0 Å². The first-order valence-corrected chi connectivity index (χ1v) is 9.09. The van der Waals surface area contributed by atoms with Crippen molar-refractivity contribution in [3.63, 3.8) is 0 Å². The van der Waals surface area contributed by atoms with Gasteiger partial charge in [0.25, 0.3) is 5.91 Å². The Bertz CT molecular complexity index is 910. The lowest BCUT2D eigenvalue weighted by Crippen LogP contribution is -2.12. The van der Waals surface area contributed by atoms with Gasteiger partial charge >= 0.3 is 0 Å². The largest absolute Gasteiger partial charge is 0.491 e. The summed E-state index contributed by atoms with van der Waals surface area (Å²) in [4.78, 5) is 12.4. The Hall–Kier alpha value is -3.08. The summed E-state index contributed by atoms with van der Waals surface area (Å²) in [6, 6.07) is 17.0. The molecule has 0 aliphatic carbocycles. The topological polar surface area (TPSA) is 56.2 Å². The van der Waals surface area contributed by atoms with E-state index in [1.54, 1.807) is 0 Å². The number of aromatic nitrogens is 2. The minimum absolute atomic E-state index is 0.124. The van der Waals surface area contributed by atoms with E-state index in [9.17, 15) is 4.79 Å². The van der Waals surface area contributed by atoms with Crippen molar-refractivity contribution >= 4 is 11.6 Å². The number of aryl methyl sites for hydroxylation is 2. The monoisotopic (exact) mass is 363 g/mol. The molecule has 1 N–H and O–H groups in total. The SMILES string of the molecule is Cc1cc(C)n(Cc2ccc(C(=O)Nc3ccc(OC(C)C)cc3)cc2)n1. The fourth-order valence-electron chi connectivity index (χ4n) is 2.86. The van der Waals surface area contributed by atoms with Gasteiger partial charge < -0.3 is 10.1 Å². The molecule has 1 aromatic heterocycles. The number of carbonyl (C=O) groups is 1. The molecule has 3 aromatic rings. The lowest BCUT2D eigenvalue weighted by atomic mass is 10.1. The number of nitrogens with zero attached hydrogens (tertiary/aromatic N) is 2. The van der Waals surface area contributed by atoms with E-state index in [1.807, 2.05) is 80.9 Å². The van der Waals surface area contributed by atoms with Gasteiger partial charge in [-0.15, -0.1) is 0 Å². The normalized spacial score (nSPS) is 10.9. The Morgan fingerprint density at radius 1 is 1.07 bits per heavy atom. The number of ether oxygens (including phenoxy) is 1. The maximum Gasteiger partial charge on any atom is 0.255 e. The van der Waals surface area contributed by atoms with Crippen LogP contribution in [-0.4, -0.2) is 21.8 Å². The Morgan fingerprint density at radius 3 is 2.30 bits per heavy atom. The van der Waals surface area contributed by atoms with Gasteiger partial charge in [0.15, 0.2) is 0 Å². The van der Waals surface area contributed by atoms with E-state index in [1.165, 1.54) is 0 Å². The Morgan fingerprint density at radius 2 is 1.74 bits per heavy atom. The number of anilines is 1. The standard InChI is InChI=1S/C22H25N3O2/c1-15(2)27-21-11-9-20(10-12-21)23-22(26)19-7-5-18(6-8-19)14-25-17(4)13-16(3)24-25/h5-13,15H,14H2,1-4H3,(H,23,26). The smallest absolute Gasteiger partial charge is 0.255 e. The second-order valence-electron chi connectivity index (χ2n) is 6.93. The van der Waals surface area contributed by atoms with Crippen molar-refractivity contribution < 1.29 is 9.53 Å². The molecule has 5 heteroatoms. The zero-order valence-corrected chi connectivity index (χ0v) is 16.2. The van der Waals surface area contributed by atoms with Crippen LogP contribution in [0.1, 0.15) is 41.2 Å². The molecule has 3 rings (SSSR count). The molecule has 0 saturated carbocycles. The van der Waals surface area contributed by atoms with Crippen molar-refractivity contribution in [2.45, 2.75) is 40.3 Å². The van der Waals surface area contributed by atoms with Crippen LogP contribution < -0.4 is 10.1 Å². The van der Waals surface area contributed by atoms with Crippen LogP contribution in [0.2, 0.25) is 0 Å². The van der Waals surface area contributed by atoms with Crippen LogP contribution in [0, 0.1) is 13.8 Å². The highest BCUT2D eigenvalue weighted by Gasteiger charge is 2.08. The van der Waals surface area contributed by atoms with Gasteiger partial charge in [-0.3, -0.25) is 9.48 Å². The van der Waals surface area contributed by atoms with Gasteiger partial charge in [-0.1, -0.05) is 12.1 Å². The molecule has 0 spiro atoms. The number of benzene rings is 2. The molecule has 27 heavy (non-hydrogen) atoms. The average molecular weight is 363 g/mol. The van der Waals surface area contributed by atoms with Gasteiger partial charge in [0.05, 0.1) is 18.3 Å². The summed E-state index contributed by atoms with van der Waals surface area (Å²) in [7, 11) is 0. The summed E-state index contributed by atoms with van der Waals surface area (Å²) in [6.45, 7) is 8.68. The molecule has 0 fully saturated rings. The molecule has 0 unspecified atom stereocenters. The van der Waals surface area contributed by atoms with Crippen molar-refractivity contribution in [1.29, 1.82) is 0 Å². The van der Waals surface area contributed by atoms with Gasteiger partial charge in [-0.2, -0.15) is 5.10 Å². The molecule has 5 nitrogen and oxygen atoms in total. The number of hydrogen-bond acceptors (Lipinski definition) is 3. The van der Waals surface area contributed by atoms with Crippen LogP contribution in [0.4, 0.5) is 5.69 Å². The third kappa shape index (κ3) is 4.97. The minimum atomic E-state index is -0.134. The number of hydrogen-bond donors (Lipinski definition) is 1. The zero-order chi connectivity index (χ0) is 19.4. The summed E-state index contributed by atoms with van der Waals surface area (Å²) < 4.78 is 7.57. The molecule has 1 amide bonds. The van der Waals surface area contributed by atoms with Crippen LogP contribution in [0.25, 0.3) is 0 Å². The third-order valence-electron chi connectivity index (χ3n) is 4.14. The van der Waals surface area contributed by atoms with Crippen molar-refractivity contribution in [3.8, 4) is 5.75 Å². The summed E-state index contributed by atoms with van der Waals surface area (Å²) in [5.41, 5.74) is 4.60. The summed E-state index contributed by atoms with van der Waals surface area (Å²) >= 11 is 0. The maximum absolute atomic E-state index is 12.4. The quantitative estimate of drug-likeness (QED) is 0.697. The van der Waals surface area contributed by atoms with E-state index < -0.39 is 0 Å². The highest BCUT2D eigenvalue weighted by molar-refractivity contribution is 6.04. The number of amides is 1. The molecule has 1 heterocycles. The molecule has 0 bridgehead atoms. The summed E-state index contributed by atoms with van der Waals surface area (Å²) in [5.74, 6) is 0.654. The fraction of sp³-hybridized carbons (Fsp3) is 0.273. The predicted molar refractivity (Wildman–Crippen MR) is 107 cm³/mol. The molecular weight excluding hydrogens is 338 g/mol. The van der Waals surface area contributed by atoms with Crippen molar-refractivity contribution in [3.05, 3.63) is 77.1 Å². The van der Waals surface area contributed by atoms with E-state index >= 15 is 0 Å². The van der Waals surface area contributed by atoms with E-state index in [4.69, 9.17) is 4.74 Å². The first-order chi connectivity index (χ1) is 12.9. The third-order valence-corrected chi connectivity index (χ3v) is 4.14. The Labute approximate surface area is 160 Å². The van der Waals surface area contributed by atoms with Crippen LogP contribution in [0.15, 0.2) is 54.6 Å². The van der Waals surface area contributed by atoms with Gasteiger partial charge in [-0.25, -0.2) is 0 Å². The molecule has 0 aliphatic rings. The molecule has 0 saturated heterocycles. The second-order valence-corrected chi connectivity index (χ2v) is 6.93. The van der Waals surface area contributed by atoms with Gasteiger partial charge in [0.1, 0.15) is 5.75 Å². The van der Waals surface area contributed by atoms with Crippen LogP contribution in [0.5, 0.6) is 5.75 Å². The second kappa shape index (κ2) is 8.08. The number of carbonyl (C=O) groups excluding carboxylic acids is 1. The van der Waals surface area contributed by atoms with Crippen molar-refractivity contribution in [2.75, 3.05) is 5.32 Å². The highest BCUT2D eigenvalue weighted by atomic mass is 16.5. The highest BCUT2D eigenvalue weighted by Crippen LogP contribution is 2.18. The molecule has 140 valence electrons. The molecule has 0 radical (unpaired) electrons. The summed E-state index contributed by atoms with van der Waals surface area (Å²) in [5, 5.41) is 7.38. The molecule has 0 atom stereocenters.